The molecule has 0 saturated heterocycles. The van der Waals surface area contributed by atoms with Crippen LogP contribution in [0.5, 0.6) is 0 Å². The van der Waals surface area contributed by atoms with Crippen molar-refractivity contribution in [3.8, 4) is 0 Å². The monoisotopic (exact) mass is 170 g/mol. The van der Waals surface area contributed by atoms with Gasteiger partial charge in [-0.15, -0.1) is 0 Å². The van der Waals surface area contributed by atoms with Crippen LogP contribution in [0.4, 0.5) is 11.4 Å². The number of nitrogens with two attached hydrogens (primary N) is 1. The number of nitrogen functional groups attached to an aromatic ring is 1. The van der Waals surface area contributed by atoms with Gasteiger partial charge in [0.2, 0.25) is 0 Å². The molecule has 11 heavy (non-hydrogen) atoms. The van der Waals surface area contributed by atoms with Gasteiger partial charge < -0.3 is 11.1 Å². The van der Waals surface area contributed by atoms with E-state index in [1.165, 1.54) is 0 Å². The van der Waals surface area contributed by atoms with Crippen LogP contribution in [0, 0.1) is 0 Å². The highest BCUT2D eigenvalue weighted by Crippen LogP contribution is 2.22. The lowest BCUT2D eigenvalue weighted by molar-refractivity contribution is 1.21. The summed E-state index contributed by atoms with van der Waals surface area (Å²) >= 11 is 5.76. The Bertz CT molecular complexity index is 248. The Morgan fingerprint density at radius 2 is 2.27 bits per heavy atom. The van der Waals surface area contributed by atoms with Crippen LogP contribution in [0.25, 0.3) is 0 Å². The Hall–Kier alpha value is -0.890. The summed E-state index contributed by atoms with van der Waals surface area (Å²) in [6.07, 6.45) is 0. The van der Waals surface area contributed by atoms with Crippen LogP contribution in [0.15, 0.2) is 18.2 Å². The number of halogens is 1. The van der Waals surface area contributed by atoms with Gasteiger partial charge >= 0.3 is 0 Å². The summed E-state index contributed by atoms with van der Waals surface area (Å²) in [6.45, 7) is 2.87. The number of nitrogens with one attached hydrogen (secondary N) is 1. The van der Waals surface area contributed by atoms with Gasteiger partial charge in [0.25, 0.3) is 0 Å². The average molecular weight is 171 g/mol. The largest absolute Gasteiger partial charge is 0.397 e. The van der Waals surface area contributed by atoms with Gasteiger partial charge in [-0.1, -0.05) is 11.6 Å². The zero-order valence-electron chi connectivity index (χ0n) is 6.39. The Kier molecular flexibility index (Phi) is 2.60. The van der Waals surface area contributed by atoms with Crippen molar-refractivity contribution in [1.82, 2.24) is 0 Å². The molecular weight excluding hydrogens is 160 g/mol. The lowest BCUT2D eigenvalue weighted by atomic mass is 10.3. The van der Waals surface area contributed by atoms with Gasteiger partial charge in [0.05, 0.1) is 11.4 Å². The average Bonchev–Trinajstić information content (AvgIpc) is 1.98. The molecule has 0 radical (unpaired) electrons. The first-order chi connectivity index (χ1) is 5.24. The fraction of sp³-hybridized carbons (Fsp3) is 0.250. The highest BCUT2D eigenvalue weighted by molar-refractivity contribution is 6.31. The van der Waals surface area contributed by atoms with E-state index in [1.807, 2.05) is 13.0 Å². The summed E-state index contributed by atoms with van der Waals surface area (Å²) in [5.41, 5.74) is 7.29. The number of benzene rings is 1. The van der Waals surface area contributed by atoms with Crippen LogP contribution in [-0.4, -0.2) is 6.54 Å². The molecular formula is C8H11ClN2. The van der Waals surface area contributed by atoms with E-state index in [0.29, 0.717) is 5.02 Å². The molecule has 0 bridgehead atoms. The van der Waals surface area contributed by atoms with Crippen LogP contribution in [0.2, 0.25) is 5.02 Å². The third-order valence-electron chi connectivity index (χ3n) is 1.38. The summed E-state index contributed by atoms with van der Waals surface area (Å²) in [5, 5.41) is 3.81. The highest BCUT2D eigenvalue weighted by Gasteiger charge is 1.96. The molecule has 0 atom stereocenters. The van der Waals surface area contributed by atoms with E-state index < -0.39 is 0 Å². The van der Waals surface area contributed by atoms with Gasteiger partial charge in [0.1, 0.15) is 0 Å². The zero-order valence-corrected chi connectivity index (χ0v) is 7.15. The molecule has 0 amide bonds. The van der Waals surface area contributed by atoms with E-state index in [4.69, 9.17) is 17.3 Å². The second-order valence-corrected chi connectivity index (χ2v) is 2.70. The lowest BCUT2D eigenvalue weighted by Crippen LogP contribution is -2.00. The molecule has 0 aliphatic carbocycles. The second kappa shape index (κ2) is 3.49. The molecule has 0 aliphatic heterocycles. The highest BCUT2D eigenvalue weighted by atomic mass is 35.5. The van der Waals surface area contributed by atoms with Crippen molar-refractivity contribution in [3.05, 3.63) is 23.2 Å². The first-order valence-electron chi connectivity index (χ1n) is 3.53. The quantitative estimate of drug-likeness (QED) is 0.669. The van der Waals surface area contributed by atoms with E-state index in [9.17, 15) is 0 Å². The summed E-state index contributed by atoms with van der Waals surface area (Å²) in [5.74, 6) is 0. The Labute approximate surface area is 71.4 Å². The molecule has 3 N–H and O–H groups in total. The number of anilines is 2. The van der Waals surface area contributed by atoms with Crippen molar-refractivity contribution in [2.24, 2.45) is 0 Å². The molecule has 0 spiro atoms. The molecule has 1 aromatic carbocycles. The van der Waals surface area contributed by atoms with E-state index in [2.05, 4.69) is 5.32 Å². The van der Waals surface area contributed by atoms with Crippen molar-refractivity contribution in [2.75, 3.05) is 17.6 Å². The van der Waals surface area contributed by atoms with Crippen molar-refractivity contribution in [3.63, 3.8) is 0 Å². The molecule has 1 aromatic rings. The Morgan fingerprint density at radius 3 is 2.91 bits per heavy atom. The van der Waals surface area contributed by atoms with E-state index >= 15 is 0 Å². The Morgan fingerprint density at radius 1 is 1.55 bits per heavy atom. The molecule has 0 aromatic heterocycles. The molecule has 0 saturated carbocycles. The molecule has 2 nitrogen and oxygen atoms in total. The summed E-state index contributed by atoms with van der Waals surface area (Å²) in [4.78, 5) is 0. The van der Waals surface area contributed by atoms with Crippen LogP contribution >= 0.6 is 11.6 Å². The third kappa shape index (κ3) is 2.02. The normalized spacial score (nSPS) is 9.64. The second-order valence-electron chi connectivity index (χ2n) is 2.26. The Balaban J connectivity index is 2.93. The van der Waals surface area contributed by atoms with Crippen molar-refractivity contribution >= 4 is 23.0 Å². The molecule has 0 aliphatic rings. The topological polar surface area (TPSA) is 38.0 Å². The minimum atomic E-state index is 0.704. The smallest absolute Gasteiger partial charge is 0.0588 e. The first-order valence-corrected chi connectivity index (χ1v) is 3.90. The van der Waals surface area contributed by atoms with Gasteiger partial charge in [-0.2, -0.15) is 0 Å². The molecule has 60 valence electrons. The minimum absolute atomic E-state index is 0.704. The number of hydrogen-bond donors (Lipinski definition) is 2. The van der Waals surface area contributed by atoms with Crippen LogP contribution in [-0.2, 0) is 0 Å². The SMILES string of the molecule is CCNc1cc(Cl)ccc1N. The number of rotatable bonds is 2. The number of hydrogen-bond acceptors (Lipinski definition) is 2. The molecule has 3 heteroatoms. The molecule has 0 fully saturated rings. The van der Waals surface area contributed by atoms with Crippen molar-refractivity contribution < 1.29 is 0 Å². The molecule has 1 rings (SSSR count). The zero-order chi connectivity index (χ0) is 8.27. The fourth-order valence-electron chi connectivity index (χ4n) is 0.872. The van der Waals surface area contributed by atoms with Crippen LogP contribution < -0.4 is 11.1 Å². The summed E-state index contributed by atoms with van der Waals surface area (Å²) < 4.78 is 0. The maximum absolute atomic E-state index is 5.76. The molecule has 0 heterocycles. The lowest BCUT2D eigenvalue weighted by Gasteiger charge is -2.06. The van der Waals surface area contributed by atoms with E-state index in [0.717, 1.165) is 17.9 Å². The van der Waals surface area contributed by atoms with Crippen LogP contribution in [0.1, 0.15) is 6.92 Å². The minimum Gasteiger partial charge on any atom is -0.397 e. The standard InChI is InChI=1S/C8H11ClN2/c1-2-11-8-5-6(9)3-4-7(8)10/h3-5,11H,2,10H2,1H3. The van der Waals surface area contributed by atoms with Gasteiger partial charge in [0, 0.05) is 11.6 Å². The summed E-state index contributed by atoms with van der Waals surface area (Å²) in [7, 11) is 0. The maximum Gasteiger partial charge on any atom is 0.0588 e. The summed E-state index contributed by atoms with van der Waals surface area (Å²) in [6, 6.07) is 5.39. The predicted molar refractivity (Wildman–Crippen MR) is 50.0 cm³/mol. The van der Waals surface area contributed by atoms with Crippen molar-refractivity contribution in [2.45, 2.75) is 6.92 Å². The van der Waals surface area contributed by atoms with Gasteiger partial charge in [-0.25, -0.2) is 0 Å². The predicted octanol–water partition coefficient (Wildman–Crippen LogP) is 2.35. The first kappa shape index (κ1) is 8.21. The van der Waals surface area contributed by atoms with Crippen molar-refractivity contribution in [1.29, 1.82) is 0 Å². The van der Waals surface area contributed by atoms with E-state index in [-0.39, 0.29) is 0 Å². The van der Waals surface area contributed by atoms with Crippen LogP contribution in [0.3, 0.4) is 0 Å². The van der Waals surface area contributed by atoms with E-state index in [1.54, 1.807) is 12.1 Å². The third-order valence-corrected chi connectivity index (χ3v) is 1.62. The fourth-order valence-corrected chi connectivity index (χ4v) is 1.04. The maximum atomic E-state index is 5.76. The molecule has 0 unspecified atom stereocenters. The van der Waals surface area contributed by atoms with Gasteiger partial charge in [-0.05, 0) is 25.1 Å². The van der Waals surface area contributed by atoms with Gasteiger partial charge in [0.15, 0.2) is 0 Å². The van der Waals surface area contributed by atoms with Gasteiger partial charge in [-0.3, -0.25) is 0 Å².